The topological polar surface area (TPSA) is 17.1 Å². The number of halogens is 2. The third-order valence-electron chi connectivity index (χ3n) is 5.87. The summed E-state index contributed by atoms with van der Waals surface area (Å²) in [5.41, 5.74) is 0. The molecule has 0 amide bonds. The molecule has 158 valence electrons. The minimum absolute atomic E-state index is 0.00441. The summed E-state index contributed by atoms with van der Waals surface area (Å²) >= 11 is 15.8. The third kappa shape index (κ3) is 3.23. The normalized spacial score (nSPS) is 15.2. The fourth-order valence-corrected chi connectivity index (χ4v) is 12.9. The molecule has 1 nitrogen and oxygen atoms in total. The molecule has 0 aliphatic heterocycles. The van der Waals surface area contributed by atoms with Crippen molar-refractivity contribution < 1.29 is 4.79 Å². The summed E-state index contributed by atoms with van der Waals surface area (Å²) in [4.78, 5) is 13.9. The van der Waals surface area contributed by atoms with E-state index < -0.39 is 10.6 Å². The molecule has 4 heteroatoms. The first kappa shape index (κ1) is 23.0. The molecule has 0 aliphatic rings. The number of hydrogen-bond acceptors (Lipinski definition) is 1. The van der Waals surface area contributed by atoms with Crippen LogP contribution in [0.25, 0.3) is 0 Å². The minimum atomic E-state index is -3.97. The molecule has 3 aromatic carbocycles. The number of benzene rings is 3. The van der Waals surface area contributed by atoms with Crippen LogP contribution in [0.15, 0.2) is 91.0 Å². The predicted molar refractivity (Wildman–Crippen MR) is 134 cm³/mol. The number of alkyl halides is 1. The van der Waals surface area contributed by atoms with Crippen LogP contribution in [-0.4, -0.2) is 10.4 Å². The molecule has 30 heavy (non-hydrogen) atoms. The number of carbonyl (C=O) groups is 1. The van der Waals surface area contributed by atoms with Crippen LogP contribution in [0.5, 0.6) is 0 Å². The van der Waals surface area contributed by atoms with Crippen LogP contribution in [0.4, 0.5) is 0 Å². The van der Waals surface area contributed by atoms with Crippen LogP contribution in [0.2, 0.25) is 0 Å². The zero-order chi connectivity index (χ0) is 21.9. The van der Waals surface area contributed by atoms with E-state index >= 15 is 0 Å². The molecular formula is C26H29Cl2OP. The number of Topliss-reactive ketones (excluding diaryl/α,β-unsaturated/α-hetero) is 1. The Labute approximate surface area is 190 Å². The fraction of sp³-hybridized carbons (Fsp3) is 0.269. The van der Waals surface area contributed by atoms with E-state index in [1.165, 1.54) is 0 Å². The Kier molecular flexibility index (Phi) is 6.78. The molecular weight excluding hydrogens is 430 g/mol. The van der Waals surface area contributed by atoms with Crippen LogP contribution >= 0.6 is 28.8 Å². The molecule has 3 rings (SSSR count). The van der Waals surface area contributed by atoms with Crippen LogP contribution in [0.1, 0.15) is 33.6 Å². The van der Waals surface area contributed by atoms with Crippen LogP contribution < -0.4 is 15.9 Å². The van der Waals surface area contributed by atoms with Gasteiger partial charge < -0.3 is 0 Å². The molecule has 0 saturated heterocycles. The summed E-state index contributed by atoms with van der Waals surface area (Å²) < 4.78 is -1.28. The van der Waals surface area contributed by atoms with Gasteiger partial charge in [0.05, 0.1) is 0 Å². The van der Waals surface area contributed by atoms with Crippen molar-refractivity contribution in [3.63, 3.8) is 0 Å². The summed E-state index contributed by atoms with van der Waals surface area (Å²) in [7, 11) is 0. The van der Waals surface area contributed by atoms with Gasteiger partial charge in [-0.05, 0) is 0 Å². The van der Waals surface area contributed by atoms with Crippen molar-refractivity contribution >= 4 is 50.5 Å². The van der Waals surface area contributed by atoms with E-state index in [0.29, 0.717) is 6.42 Å². The zero-order valence-corrected chi connectivity index (χ0v) is 20.2. The number of hydrogen-bond donors (Lipinski definition) is 0. The van der Waals surface area contributed by atoms with Gasteiger partial charge >= 0.3 is 190 Å². The van der Waals surface area contributed by atoms with Gasteiger partial charge in [-0.3, -0.25) is 0 Å². The Morgan fingerprint density at radius 2 is 1.13 bits per heavy atom. The van der Waals surface area contributed by atoms with E-state index in [1.54, 1.807) is 0 Å². The van der Waals surface area contributed by atoms with Gasteiger partial charge in [0.15, 0.2) is 0 Å². The summed E-state index contributed by atoms with van der Waals surface area (Å²) in [6.45, 7) is 5.88. The van der Waals surface area contributed by atoms with E-state index in [0.717, 1.165) is 22.3 Å². The van der Waals surface area contributed by atoms with E-state index in [2.05, 4.69) is 6.92 Å². The molecule has 0 aromatic heterocycles. The van der Waals surface area contributed by atoms with Crippen molar-refractivity contribution in [1.82, 2.24) is 0 Å². The van der Waals surface area contributed by atoms with Gasteiger partial charge in [0.2, 0.25) is 0 Å². The maximum absolute atomic E-state index is 13.9. The van der Waals surface area contributed by atoms with Crippen molar-refractivity contribution in [2.45, 2.75) is 38.2 Å². The van der Waals surface area contributed by atoms with Crippen LogP contribution in [-0.2, 0) is 4.79 Å². The number of ketones is 1. The quantitative estimate of drug-likeness (QED) is 0.273. The second-order valence-corrected chi connectivity index (χ2v) is 15.3. The standard InChI is InChI=1S/C26H29Cl2OP/c1-4-20-26(27,25(29)21(2)3)30(28,22-14-8-5-9-15-22,23-16-10-6-11-17-23)24-18-12-7-13-19-24/h5-19,21H,4,20H2,1-3H3. The van der Waals surface area contributed by atoms with Gasteiger partial charge in [0, 0.05) is 0 Å². The Hall–Kier alpha value is -1.66. The van der Waals surface area contributed by atoms with E-state index in [9.17, 15) is 4.79 Å². The zero-order valence-electron chi connectivity index (χ0n) is 17.8. The first-order valence-electron chi connectivity index (χ1n) is 10.4. The van der Waals surface area contributed by atoms with Gasteiger partial charge in [-0.15, -0.1) is 0 Å². The SMILES string of the molecule is CCCC(Cl)(C(=O)C(C)C)P(Cl)(c1ccccc1)(c1ccccc1)c1ccccc1. The van der Waals surface area contributed by atoms with Crippen LogP contribution in [0.3, 0.4) is 0 Å². The fourth-order valence-electron chi connectivity index (χ4n) is 4.50. The van der Waals surface area contributed by atoms with Gasteiger partial charge in [-0.2, -0.15) is 0 Å². The number of rotatable bonds is 8. The molecule has 0 spiro atoms. The molecule has 0 saturated carbocycles. The number of carbonyl (C=O) groups excluding carboxylic acids is 1. The van der Waals surface area contributed by atoms with E-state index in [4.69, 9.17) is 22.8 Å². The molecule has 0 N–H and O–H groups in total. The summed E-state index contributed by atoms with van der Waals surface area (Å²) in [5, 5.41) is 2.75. The average molecular weight is 459 g/mol. The Balaban J connectivity index is 2.61. The van der Waals surface area contributed by atoms with Gasteiger partial charge in [-0.1, -0.05) is 0 Å². The Morgan fingerprint density at radius 3 is 1.40 bits per heavy atom. The Morgan fingerprint density at radius 1 is 0.800 bits per heavy atom. The summed E-state index contributed by atoms with van der Waals surface area (Å²) in [6.07, 6.45) is 1.24. The molecule has 0 aliphatic carbocycles. The van der Waals surface area contributed by atoms with Gasteiger partial charge in [0.1, 0.15) is 0 Å². The molecule has 0 fully saturated rings. The van der Waals surface area contributed by atoms with Gasteiger partial charge in [-0.25, -0.2) is 0 Å². The van der Waals surface area contributed by atoms with Crippen molar-refractivity contribution in [2.24, 2.45) is 5.92 Å². The summed E-state index contributed by atoms with van der Waals surface area (Å²) in [6, 6.07) is 30.0. The van der Waals surface area contributed by atoms with Crippen LogP contribution in [0, 0.1) is 5.92 Å². The average Bonchev–Trinajstić information content (AvgIpc) is 2.79. The van der Waals surface area contributed by atoms with E-state index in [1.807, 2.05) is 105 Å². The second-order valence-electron chi connectivity index (χ2n) is 8.04. The molecule has 0 bridgehead atoms. The molecule has 0 heterocycles. The van der Waals surface area contributed by atoms with Crippen molar-refractivity contribution in [2.75, 3.05) is 0 Å². The van der Waals surface area contributed by atoms with Crippen molar-refractivity contribution in [1.29, 1.82) is 0 Å². The molecule has 3 aromatic rings. The van der Waals surface area contributed by atoms with Gasteiger partial charge in [0.25, 0.3) is 0 Å². The monoisotopic (exact) mass is 458 g/mol. The maximum atomic E-state index is 13.9. The summed E-state index contributed by atoms with van der Waals surface area (Å²) in [5.74, 6) is -4.21. The van der Waals surface area contributed by atoms with E-state index in [-0.39, 0.29) is 11.7 Å². The third-order valence-corrected chi connectivity index (χ3v) is 15.7. The molecule has 1 unspecified atom stereocenters. The second kappa shape index (κ2) is 8.83. The first-order valence-corrected chi connectivity index (χ1v) is 14.0. The van der Waals surface area contributed by atoms with Crippen molar-refractivity contribution in [3.8, 4) is 0 Å². The Bertz CT molecular complexity index is 890. The predicted octanol–water partition coefficient (Wildman–Crippen LogP) is 6.63. The van der Waals surface area contributed by atoms with Crippen molar-refractivity contribution in [3.05, 3.63) is 91.0 Å². The first-order chi connectivity index (χ1) is 14.3. The molecule has 0 radical (unpaired) electrons. The molecule has 1 atom stereocenters.